The number of aliphatic hydroxyl groups excluding tert-OH is 1. The van der Waals surface area contributed by atoms with Crippen LogP contribution >= 0.6 is 0 Å². The highest BCUT2D eigenvalue weighted by molar-refractivity contribution is 5.83. The van der Waals surface area contributed by atoms with Gasteiger partial charge in [0.25, 0.3) is 0 Å². The molecule has 1 rings (SSSR count). The Balaban J connectivity index is 1.97. The first-order chi connectivity index (χ1) is 16.5. The summed E-state index contributed by atoms with van der Waals surface area (Å²) >= 11 is 0. The molecule has 1 fully saturated rings. The predicted octanol–water partition coefficient (Wildman–Crippen LogP) is 6.21. The molecule has 0 aliphatic carbocycles. The van der Waals surface area contributed by atoms with Gasteiger partial charge in [-0.1, -0.05) is 76.9 Å². The minimum Gasteiger partial charge on any atom is -0.463 e. The molecule has 1 N–H and O–H groups in total. The third kappa shape index (κ3) is 15.3. The van der Waals surface area contributed by atoms with E-state index in [0.29, 0.717) is 13.0 Å². The topological polar surface area (TPSA) is 82.1 Å². The van der Waals surface area contributed by atoms with Gasteiger partial charge >= 0.3 is 11.9 Å². The van der Waals surface area contributed by atoms with Crippen LogP contribution in [0.15, 0.2) is 23.8 Å². The molecule has 0 aromatic rings. The molecule has 196 valence electrons. The van der Waals surface area contributed by atoms with Crippen molar-refractivity contribution in [3.63, 3.8) is 0 Å². The second kappa shape index (κ2) is 19.6. The number of hydrogen-bond acceptors (Lipinski definition) is 6. The van der Waals surface area contributed by atoms with Gasteiger partial charge in [-0.15, -0.1) is 0 Å². The Hall–Kier alpha value is -1.66. The van der Waals surface area contributed by atoms with Crippen molar-refractivity contribution in [3.8, 4) is 0 Å². The fourth-order valence-electron chi connectivity index (χ4n) is 4.06. The molecule has 1 heterocycles. The summed E-state index contributed by atoms with van der Waals surface area (Å²) in [5.41, 5.74) is -0.214. The van der Waals surface area contributed by atoms with Crippen molar-refractivity contribution in [1.29, 1.82) is 0 Å². The van der Waals surface area contributed by atoms with Crippen molar-refractivity contribution in [2.24, 2.45) is 0 Å². The number of esters is 2. The Morgan fingerprint density at radius 3 is 2.09 bits per heavy atom. The SMILES string of the molecule is CCCCCCCC/C=C/CCCCCCCCOC(=O)/C=C1\COC(CO)(COC(C)=O)C1. The summed E-state index contributed by atoms with van der Waals surface area (Å²) < 4.78 is 15.8. The van der Waals surface area contributed by atoms with E-state index >= 15 is 0 Å². The molecule has 6 heteroatoms. The van der Waals surface area contributed by atoms with Crippen molar-refractivity contribution < 1.29 is 28.9 Å². The van der Waals surface area contributed by atoms with Gasteiger partial charge in [0.1, 0.15) is 12.2 Å². The highest BCUT2D eigenvalue weighted by Gasteiger charge is 2.38. The zero-order chi connectivity index (χ0) is 24.9. The van der Waals surface area contributed by atoms with Crippen LogP contribution in [0.2, 0.25) is 0 Å². The standard InChI is InChI=1S/C28H48O6/c1-3-4-5-6-7-8-9-10-11-12-13-14-15-16-17-18-19-32-27(31)20-26-21-28(23-29,34-22-26)24-33-25(2)30/h10-11,20,29H,3-9,12-19,21-24H2,1-2H3/b11-10+,26-20-. The molecule has 0 aromatic carbocycles. The summed E-state index contributed by atoms with van der Waals surface area (Å²) in [5.74, 6) is -0.809. The van der Waals surface area contributed by atoms with Gasteiger partial charge < -0.3 is 19.3 Å². The quantitative estimate of drug-likeness (QED) is 0.0966. The van der Waals surface area contributed by atoms with E-state index in [9.17, 15) is 14.7 Å². The molecule has 1 aliphatic rings. The lowest BCUT2D eigenvalue weighted by molar-refractivity contribution is -0.152. The van der Waals surface area contributed by atoms with Crippen LogP contribution in [0.4, 0.5) is 0 Å². The zero-order valence-electron chi connectivity index (χ0n) is 21.7. The molecule has 1 aliphatic heterocycles. The number of rotatable bonds is 20. The molecule has 1 atom stereocenters. The summed E-state index contributed by atoms with van der Waals surface area (Å²) in [6.45, 7) is 3.91. The predicted molar refractivity (Wildman–Crippen MR) is 136 cm³/mol. The van der Waals surface area contributed by atoms with E-state index in [0.717, 1.165) is 18.4 Å². The maximum atomic E-state index is 12.0. The van der Waals surface area contributed by atoms with E-state index in [1.54, 1.807) is 0 Å². The normalized spacial score (nSPS) is 19.2. The van der Waals surface area contributed by atoms with Crippen LogP contribution in [0.3, 0.4) is 0 Å². The van der Waals surface area contributed by atoms with E-state index < -0.39 is 11.6 Å². The molecule has 1 saturated heterocycles. The van der Waals surface area contributed by atoms with Crippen LogP contribution in [0.1, 0.15) is 110 Å². The summed E-state index contributed by atoms with van der Waals surface area (Å²) in [6, 6.07) is 0. The number of allylic oxidation sites excluding steroid dienone is 2. The first kappa shape index (κ1) is 30.4. The van der Waals surface area contributed by atoms with Crippen LogP contribution in [0, 0.1) is 0 Å². The number of ether oxygens (including phenoxy) is 3. The smallest absolute Gasteiger partial charge is 0.330 e. The van der Waals surface area contributed by atoms with Gasteiger partial charge in [0.2, 0.25) is 0 Å². The average Bonchev–Trinajstić information content (AvgIpc) is 3.23. The minimum absolute atomic E-state index is 0.0271. The summed E-state index contributed by atoms with van der Waals surface area (Å²) in [4.78, 5) is 23.0. The lowest BCUT2D eigenvalue weighted by atomic mass is 9.99. The molecule has 34 heavy (non-hydrogen) atoms. The van der Waals surface area contributed by atoms with Crippen LogP contribution in [-0.2, 0) is 23.8 Å². The Morgan fingerprint density at radius 1 is 0.912 bits per heavy atom. The molecule has 0 radical (unpaired) electrons. The highest BCUT2D eigenvalue weighted by atomic mass is 16.6. The Morgan fingerprint density at radius 2 is 1.50 bits per heavy atom. The van der Waals surface area contributed by atoms with E-state index in [-0.39, 0.29) is 25.8 Å². The van der Waals surface area contributed by atoms with Gasteiger partial charge in [-0.05, 0) is 37.7 Å². The third-order valence-corrected chi connectivity index (χ3v) is 6.16. The maximum Gasteiger partial charge on any atom is 0.330 e. The minimum atomic E-state index is -0.957. The molecule has 0 amide bonds. The van der Waals surface area contributed by atoms with E-state index in [1.807, 2.05) is 0 Å². The van der Waals surface area contributed by atoms with Gasteiger partial charge in [-0.3, -0.25) is 4.79 Å². The van der Waals surface area contributed by atoms with E-state index in [4.69, 9.17) is 14.2 Å². The number of hydrogen-bond donors (Lipinski definition) is 1. The van der Waals surface area contributed by atoms with E-state index in [1.165, 1.54) is 90.0 Å². The average molecular weight is 481 g/mol. The molecule has 1 unspecified atom stereocenters. The number of carbonyl (C=O) groups excluding carboxylic acids is 2. The van der Waals surface area contributed by atoms with Crippen LogP contribution < -0.4 is 0 Å². The Kier molecular flexibility index (Phi) is 17.5. The lowest BCUT2D eigenvalue weighted by Gasteiger charge is -2.24. The van der Waals surface area contributed by atoms with Gasteiger partial charge in [0.05, 0.1) is 19.8 Å². The monoisotopic (exact) mass is 480 g/mol. The Labute approximate surface area is 207 Å². The molecule has 0 spiro atoms. The Bertz CT molecular complexity index is 612. The lowest BCUT2D eigenvalue weighted by Crippen LogP contribution is -2.38. The zero-order valence-corrected chi connectivity index (χ0v) is 21.7. The van der Waals surface area contributed by atoms with E-state index in [2.05, 4.69) is 19.1 Å². The molecular formula is C28H48O6. The maximum absolute atomic E-state index is 12.0. The van der Waals surface area contributed by atoms with Crippen molar-refractivity contribution in [2.45, 2.75) is 116 Å². The fraction of sp³-hybridized carbons (Fsp3) is 0.786. The molecule has 0 bridgehead atoms. The molecule has 6 nitrogen and oxygen atoms in total. The van der Waals surface area contributed by atoms with Crippen molar-refractivity contribution in [1.82, 2.24) is 0 Å². The summed E-state index contributed by atoms with van der Waals surface area (Å²) in [5, 5.41) is 9.58. The van der Waals surface area contributed by atoms with Crippen LogP contribution in [-0.4, -0.2) is 49.1 Å². The summed E-state index contributed by atoms with van der Waals surface area (Å²) in [6.07, 6.45) is 23.9. The fourth-order valence-corrected chi connectivity index (χ4v) is 4.06. The van der Waals surface area contributed by atoms with Crippen molar-refractivity contribution in [2.75, 3.05) is 26.4 Å². The molecule has 0 saturated carbocycles. The second-order valence-corrected chi connectivity index (χ2v) is 9.49. The molecular weight excluding hydrogens is 432 g/mol. The molecule has 0 aromatic heterocycles. The number of carbonyl (C=O) groups is 2. The van der Waals surface area contributed by atoms with Gasteiger partial charge in [-0.2, -0.15) is 0 Å². The number of aliphatic hydroxyl groups is 1. The van der Waals surface area contributed by atoms with Crippen LogP contribution in [0.5, 0.6) is 0 Å². The number of unbranched alkanes of at least 4 members (excludes halogenated alkanes) is 12. The van der Waals surface area contributed by atoms with Crippen molar-refractivity contribution in [3.05, 3.63) is 23.8 Å². The third-order valence-electron chi connectivity index (χ3n) is 6.16. The van der Waals surface area contributed by atoms with Gasteiger partial charge in [0, 0.05) is 19.4 Å². The first-order valence-corrected chi connectivity index (χ1v) is 13.4. The first-order valence-electron chi connectivity index (χ1n) is 13.4. The van der Waals surface area contributed by atoms with Gasteiger partial charge in [0.15, 0.2) is 0 Å². The largest absolute Gasteiger partial charge is 0.463 e. The highest BCUT2D eigenvalue weighted by Crippen LogP contribution is 2.30. The van der Waals surface area contributed by atoms with Crippen molar-refractivity contribution >= 4 is 11.9 Å². The van der Waals surface area contributed by atoms with Gasteiger partial charge in [-0.25, -0.2) is 4.79 Å². The second-order valence-electron chi connectivity index (χ2n) is 9.49. The van der Waals surface area contributed by atoms with Crippen LogP contribution in [0.25, 0.3) is 0 Å². The summed E-state index contributed by atoms with van der Waals surface area (Å²) in [7, 11) is 0.